The average molecular weight is 366 g/mol. The minimum atomic E-state index is -3.73. The van der Waals surface area contributed by atoms with Crippen LogP contribution in [0.15, 0.2) is 45.8 Å². The van der Waals surface area contributed by atoms with Crippen LogP contribution < -0.4 is 10.5 Å². The van der Waals surface area contributed by atoms with Crippen molar-refractivity contribution in [2.24, 2.45) is 0 Å². The maximum Gasteiger partial charge on any atom is 0.262 e. The van der Waals surface area contributed by atoms with E-state index >= 15 is 0 Å². The molecule has 0 fully saturated rings. The predicted octanol–water partition coefficient (Wildman–Crippen LogP) is 3.01. The molecule has 0 spiro atoms. The summed E-state index contributed by atoms with van der Waals surface area (Å²) in [4.78, 5) is 0.128. The lowest BCUT2D eigenvalue weighted by molar-refractivity contribution is 0.600. The van der Waals surface area contributed by atoms with Gasteiger partial charge in [-0.2, -0.15) is 5.26 Å². The molecule has 2 aromatic rings. The summed E-state index contributed by atoms with van der Waals surface area (Å²) in [6, 6.07) is 11.2. The molecule has 0 aliphatic heterocycles. The molecule has 0 aliphatic carbocycles. The van der Waals surface area contributed by atoms with E-state index in [2.05, 4.69) is 20.7 Å². The van der Waals surface area contributed by atoms with Crippen LogP contribution in [0.25, 0.3) is 0 Å². The molecule has 21 heavy (non-hydrogen) atoms. The number of rotatable bonds is 3. The van der Waals surface area contributed by atoms with Crippen molar-refractivity contribution >= 4 is 37.3 Å². The summed E-state index contributed by atoms with van der Waals surface area (Å²) < 4.78 is 27.9. The van der Waals surface area contributed by atoms with E-state index in [-0.39, 0.29) is 4.90 Å². The van der Waals surface area contributed by atoms with Crippen molar-refractivity contribution in [3.8, 4) is 6.07 Å². The third-order valence-electron chi connectivity index (χ3n) is 2.84. The number of hydrogen-bond donors (Lipinski definition) is 2. The molecule has 2 rings (SSSR count). The van der Waals surface area contributed by atoms with Gasteiger partial charge in [0.2, 0.25) is 0 Å². The first-order chi connectivity index (χ1) is 9.83. The molecule has 0 amide bonds. The smallest absolute Gasteiger partial charge is 0.262 e. The summed E-state index contributed by atoms with van der Waals surface area (Å²) in [5, 5.41) is 8.81. The molecule has 0 radical (unpaired) electrons. The normalized spacial score (nSPS) is 10.9. The molecule has 0 aliphatic rings. The zero-order valence-corrected chi connectivity index (χ0v) is 13.5. The number of nitrogens with one attached hydrogen (secondary N) is 1. The van der Waals surface area contributed by atoms with Gasteiger partial charge < -0.3 is 5.73 Å². The monoisotopic (exact) mass is 365 g/mol. The molecule has 0 saturated heterocycles. The summed E-state index contributed by atoms with van der Waals surface area (Å²) >= 11 is 3.25. The van der Waals surface area contributed by atoms with Crippen molar-refractivity contribution in [3.63, 3.8) is 0 Å². The third kappa shape index (κ3) is 3.35. The number of nitrogens with two attached hydrogens (primary N) is 1. The van der Waals surface area contributed by atoms with Crippen molar-refractivity contribution < 1.29 is 8.42 Å². The van der Waals surface area contributed by atoms with E-state index in [0.29, 0.717) is 27.0 Å². The highest BCUT2D eigenvalue weighted by Crippen LogP contribution is 2.25. The van der Waals surface area contributed by atoms with Crippen LogP contribution in [0.5, 0.6) is 0 Å². The number of nitriles is 1. The van der Waals surface area contributed by atoms with Crippen molar-refractivity contribution in [3.05, 3.63) is 52.0 Å². The second-order valence-electron chi connectivity index (χ2n) is 4.43. The molecule has 3 N–H and O–H groups in total. The number of sulfonamides is 1. The van der Waals surface area contributed by atoms with E-state index in [1.165, 1.54) is 24.3 Å². The molecule has 0 atom stereocenters. The largest absolute Gasteiger partial charge is 0.398 e. The van der Waals surface area contributed by atoms with E-state index in [9.17, 15) is 8.42 Å². The average Bonchev–Trinajstić information content (AvgIpc) is 2.42. The highest BCUT2D eigenvalue weighted by molar-refractivity contribution is 9.10. The molecule has 2 aromatic carbocycles. The highest BCUT2D eigenvalue weighted by Gasteiger charge is 2.17. The highest BCUT2D eigenvalue weighted by atomic mass is 79.9. The first-order valence-corrected chi connectivity index (χ1v) is 8.20. The first-order valence-electron chi connectivity index (χ1n) is 5.92. The Balaban J connectivity index is 2.38. The number of hydrogen-bond acceptors (Lipinski definition) is 4. The van der Waals surface area contributed by atoms with Gasteiger partial charge in [-0.15, -0.1) is 0 Å². The van der Waals surface area contributed by atoms with Crippen LogP contribution in [-0.2, 0) is 10.0 Å². The van der Waals surface area contributed by atoms with Gasteiger partial charge in [0.05, 0.1) is 22.2 Å². The lowest BCUT2D eigenvalue weighted by atomic mass is 10.2. The van der Waals surface area contributed by atoms with E-state index in [4.69, 9.17) is 11.0 Å². The SMILES string of the molecule is Cc1cc(C#N)ccc1S(=O)(=O)Nc1ccc(Br)c(N)c1. The van der Waals surface area contributed by atoms with Gasteiger partial charge in [0.15, 0.2) is 0 Å². The van der Waals surface area contributed by atoms with Crippen molar-refractivity contribution in [2.45, 2.75) is 11.8 Å². The Bertz CT molecular complexity index is 842. The van der Waals surface area contributed by atoms with Gasteiger partial charge >= 0.3 is 0 Å². The number of halogens is 1. The minimum Gasteiger partial charge on any atom is -0.398 e. The minimum absolute atomic E-state index is 0.128. The molecule has 108 valence electrons. The second-order valence-corrected chi connectivity index (χ2v) is 6.94. The number of nitrogen functional groups attached to an aromatic ring is 1. The lowest BCUT2D eigenvalue weighted by Gasteiger charge is -2.11. The Morgan fingerprint density at radius 1 is 1.24 bits per heavy atom. The molecule has 0 saturated carbocycles. The van der Waals surface area contributed by atoms with Crippen LogP contribution in [0.3, 0.4) is 0 Å². The fourth-order valence-corrected chi connectivity index (χ4v) is 3.36. The fourth-order valence-electron chi connectivity index (χ4n) is 1.84. The number of aryl methyl sites for hydroxylation is 1. The maximum atomic E-state index is 12.4. The van der Waals surface area contributed by atoms with Crippen LogP contribution in [0, 0.1) is 18.3 Å². The molecule has 0 heterocycles. The van der Waals surface area contributed by atoms with Gasteiger partial charge in [-0.05, 0) is 64.8 Å². The number of anilines is 2. The molecule has 0 unspecified atom stereocenters. The Hall–Kier alpha value is -2.04. The summed E-state index contributed by atoms with van der Waals surface area (Å²) in [5.41, 5.74) is 7.46. The fraction of sp³-hybridized carbons (Fsp3) is 0.0714. The maximum absolute atomic E-state index is 12.4. The van der Waals surface area contributed by atoms with Gasteiger partial charge in [0.25, 0.3) is 10.0 Å². The van der Waals surface area contributed by atoms with E-state index < -0.39 is 10.0 Å². The van der Waals surface area contributed by atoms with E-state index in [1.807, 2.05) is 6.07 Å². The van der Waals surface area contributed by atoms with Crippen LogP contribution in [-0.4, -0.2) is 8.42 Å². The zero-order chi connectivity index (χ0) is 15.6. The standard InChI is InChI=1S/C14H12BrN3O2S/c1-9-6-10(8-16)2-5-14(9)21(19,20)18-11-3-4-12(15)13(17)7-11/h2-7,18H,17H2,1H3. The molecular weight excluding hydrogens is 354 g/mol. The quantitative estimate of drug-likeness (QED) is 0.817. The number of benzene rings is 2. The molecule has 0 aromatic heterocycles. The third-order valence-corrected chi connectivity index (χ3v) is 5.11. The van der Waals surface area contributed by atoms with Gasteiger partial charge in [-0.3, -0.25) is 4.72 Å². The summed E-state index contributed by atoms with van der Waals surface area (Å²) in [5.74, 6) is 0. The van der Waals surface area contributed by atoms with Gasteiger partial charge in [0.1, 0.15) is 0 Å². The van der Waals surface area contributed by atoms with Crippen LogP contribution in [0.1, 0.15) is 11.1 Å². The Morgan fingerprint density at radius 2 is 1.95 bits per heavy atom. The molecule has 0 bridgehead atoms. The molecular formula is C14H12BrN3O2S. The summed E-state index contributed by atoms with van der Waals surface area (Å²) in [6.45, 7) is 1.64. The molecule has 7 heteroatoms. The summed E-state index contributed by atoms with van der Waals surface area (Å²) in [6.07, 6.45) is 0. The van der Waals surface area contributed by atoms with E-state index in [1.54, 1.807) is 19.1 Å². The van der Waals surface area contributed by atoms with Crippen LogP contribution in [0.4, 0.5) is 11.4 Å². The first kappa shape index (κ1) is 15.4. The van der Waals surface area contributed by atoms with E-state index in [0.717, 1.165) is 0 Å². The lowest BCUT2D eigenvalue weighted by Crippen LogP contribution is -2.14. The Kier molecular flexibility index (Phi) is 4.21. The van der Waals surface area contributed by atoms with Crippen LogP contribution >= 0.6 is 15.9 Å². The van der Waals surface area contributed by atoms with Crippen molar-refractivity contribution in [1.82, 2.24) is 0 Å². The van der Waals surface area contributed by atoms with Gasteiger partial charge in [-0.1, -0.05) is 0 Å². The predicted molar refractivity (Wildman–Crippen MR) is 85.3 cm³/mol. The second kappa shape index (κ2) is 5.76. The van der Waals surface area contributed by atoms with Gasteiger partial charge in [-0.25, -0.2) is 8.42 Å². The molecule has 5 nitrogen and oxygen atoms in total. The van der Waals surface area contributed by atoms with Crippen molar-refractivity contribution in [2.75, 3.05) is 10.5 Å². The number of nitrogens with zero attached hydrogens (tertiary/aromatic N) is 1. The summed E-state index contributed by atoms with van der Waals surface area (Å²) in [7, 11) is -3.73. The van der Waals surface area contributed by atoms with Crippen molar-refractivity contribution in [1.29, 1.82) is 5.26 Å². The van der Waals surface area contributed by atoms with Crippen LogP contribution in [0.2, 0.25) is 0 Å². The van der Waals surface area contributed by atoms with Gasteiger partial charge in [0, 0.05) is 10.2 Å². The Morgan fingerprint density at radius 3 is 2.52 bits per heavy atom. The Labute approximate surface area is 131 Å². The zero-order valence-electron chi connectivity index (χ0n) is 11.1. The topological polar surface area (TPSA) is 96.0 Å².